The minimum atomic E-state index is -2.90. The fraction of sp³-hybridized carbons (Fsp3) is 0.500. The molecule has 1 aromatic carbocycles. The number of piperazine rings is 1. The fourth-order valence-corrected chi connectivity index (χ4v) is 2.38. The topological polar surface area (TPSA) is 23.6 Å². The molecule has 1 aliphatic heterocycles. The molecule has 0 unspecified atom stereocenters. The highest BCUT2D eigenvalue weighted by atomic mass is 19.3. The summed E-state index contributed by atoms with van der Waals surface area (Å²) in [6.07, 6.45) is -2.90. The average Bonchev–Trinajstić information content (AvgIpc) is 2.41. The number of carbonyl (C=O) groups is 1. The predicted molar refractivity (Wildman–Crippen MR) is 70.7 cm³/mol. The quantitative estimate of drug-likeness (QED) is 0.821. The van der Waals surface area contributed by atoms with Gasteiger partial charge in [-0.3, -0.25) is 4.79 Å². The van der Waals surface area contributed by atoms with Gasteiger partial charge in [-0.05, 0) is 31.0 Å². The third kappa shape index (κ3) is 2.85. The van der Waals surface area contributed by atoms with Gasteiger partial charge in [0.25, 0.3) is 5.91 Å². The zero-order valence-corrected chi connectivity index (χ0v) is 11.2. The Bertz CT molecular complexity index is 469. The van der Waals surface area contributed by atoms with E-state index in [1.54, 1.807) is 0 Å². The molecule has 0 radical (unpaired) electrons. The number of benzene rings is 1. The Kier molecular flexibility index (Phi) is 4.02. The maximum atomic E-state index is 12.3. The van der Waals surface area contributed by atoms with E-state index in [-0.39, 0.29) is 0 Å². The van der Waals surface area contributed by atoms with Crippen molar-refractivity contribution in [2.75, 3.05) is 31.1 Å². The SMILES string of the molecule is Cc1cccc(N2CCN(C(=O)C(F)F)CC2)c1C. The van der Waals surface area contributed by atoms with Crippen LogP contribution in [-0.4, -0.2) is 43.4 Å². The molecule has 0 saturated carbocycles. The zero-order valence-electron chi connectivity index (χ0n) is 11.2. The normalized spacial score (nSPS) is 16.1. The molecule has 1 aliphatic rings. The molecule has 2 rings (SSSR count). The highest BCUT2D eigenvalue weighted by Crippen LogP contribution is 2.24. The summed E-state index contributed by atoms with van der Waals surface area (Å²) >= 11 is 0. The van der Waals surface area contributed by atoms with Crippen LogP contribution in [0.4, 0.5) is 14.5 Å². The third-order valence-corrected chi connectivity index (χ3v) is 3.69. The minimum Gasteiger partial charge on any atom is -0.368 e. The van der Waals surface area contributed by atoms with Crippen molar-refractivity contribution in [2.24, 2.45) is 0 Å². The summed E-state index contributed by atoms with van der Waals surface area (Å²) in [5.74, 6) is -1.05. The van der Waals surface area contributed by atoms with E-state index >= 15 is 0 Å². The highest BCUT2D eigenvalue weighted by molar-refractivity contribution is 5.79. The molecule has 1 saturated heterocycles. The molecule has 3 nitrogen and oxygen atoms in total. The largest absolute Gasteiger partial charge is 0.368 e. The minimum absolute atomic E-state index is 0.358. The second-order valence-electron chi connectivity index (χ2n) is 4.83. The maximum Gasteiger partial charge on any atom is 0.315 e. The van der Waals surface area contributed by atoms with Gasteiger partial charge in [-0.1, -0.05) is 12.1 Å². The molecular formula is C14H18F2N2O. The van der Waals surface area contributed by atoms with E-state index in [0.717, 1.165) is 5.69 Å². The van der Waals surface area contributed by atoms with Crippen molar-refractivity contribution in [1.82, 2.24) is 4.90 Å². The number of alkyl halides is 2. The number of halogens is 2. The van der Waals surface area contributed by atoms with E-state index in [0.29, 0.717) is 26.2 Å². The maximum absolute atomic E-state index is 12.3. The Hall–Kier alpha value is -1.65. The van der Waals surface area contributed by atoms with Crippen molar-refractivity contribution in [3.63, 3.8) is 0 Å². The molecule has 1 aromatic rings. The van der Waals surface area contributed by atoms with E-state index in [2.05, 4.69) is 24.8 Å². The van der Waals surface area contributed by atoms with E-state index < -0.39 is 12.3 Å². The number of rotatable bonds is 2. The first-order chi connectivity index (χ1) is 9.00. The van der Waals surface area contributed by atoms with Crippen LogP contribution in [0, 0.1) is 13.8 Å². The van der Waals surface area contributed by atoms with Gasteiger partial charge in [-0.2, -0.15) is 8.78 Å². The van der Waals surface area contributed by atoms with Gasteiger partial charge in [0.1, 0.15) is 0 Å². The number of amides is 1. The molecule has 0 atom stereocenters. The van der Waals surface area contributed by atoms with Crippen LogP contribution in [0.2, 0.25) is 0 Å². The van der Waals surface area contributed by atoms with Gasteiger partial charge in [-0.15, -0.1) is 0 Å². The molecular weight excluding hydrogens is 250 g/mol. The predicted octanol–water partition coefficient (Wildman–Crippen LogP) is 2.22. The second kappa shape index (κ2) is 5.55. The first-order valence-electron chi connectivity index (χ1n) is 6.39. The Morgan fingerprint density at radius 3 is 2.37 bits per heavy atom. The number of nitrogens with zero attached hydrogens (tertiary/aromatic N) is 2. The Labute approximate surface area is 111 Å². The smallest absolute Gasteiger partial charge is 0.315 e. The van der Waals surface area contributed by atoms with Crippen LogP contribution < -0.4 is 4.90 Å². The molecule has 0 aliphatic carbocycles. The molecule has 1 heterocycles. The molecule has 1 fully saturated rings. The lowest BCUT2D eigenvalue weighted by atomic mass is 10.1. The molecule has 0 N–H and O–H groups in total. The van der Waals surface area contributed by atoms with Crippen LogP contribution in [0.3, 0.4) is 0 Å². The number of anilines is 1. The van der Waals surface area contributed by atoms with Gasteiger partial charge in [0.2, 0.25) is 0 Å². The number of hydrogen-bond acceptors (Lipinski definition) is 2. The molecule has 19 heavy (non-hydrogen) atoms. The lowest BCUT2D eigenvalue weighted by molar-refractivity contribution is -0.143. The lowest BCUT2D eigenvalue weighted by Crippen LogP contribution is -2.50. The van der Waals surface area contributed by atoms with Gasteiger partial charge in [0.05, 0.1) is 0 Å². The van der Waals surface area contributed by atoms with E-state index in [1.165, 1.54) is 16.0 Å². The number of hydrogen-bond donors (Lipinski definition) is 0. The van der Waals surface area contributed by atoms with Crippen molar-refractivity contribution >= 4 is 11.6 Å². The summed E-state index contributed by atoms with van der Waals surface area (Å²) in [7, 11) is 0. The second-order valence-corrected chi connectivity index (χ2v) is 4.83. The van der Waals surface area contributed by atoms with Gasteiger partial charge in [0, 0.05) is 31.9 Å². The average molecular weight is 268 g/mol. The highest BCUT2D eigenvalue weighted by Gasteiger charge is 2.27. The summed E-state index contributed by atoms with van der Waals surface area (Å²) in [5.41, 5.74) is 3.55. The van der Waals surface area contributed by atoms with Crippen molar-refractivity contribution in [1.29, 1.82) is 0 Å². The van der Waals surface area contributed by atoms with Crippen molar-refractivity contribution < 1.29 is 13.6 Å². The summed E-state index contributed by atoms with van der Waals surface area (Å²) in [4.78, 5) is 14.6. The summed E-state index contributed by atoms with van der Waals surface area (Å²) in [6.45, 7) is 6.02. The molecule has 0 bridgehead atoms. The summed E-state index contributed by atoms with van der Waals surface area (Å²) < 4.78 is 24.7. The fourth-order valence-electron chi connectivity index (χ4n) is 2.38. The van der Waals surface area contributed by atoms with Gasteiger partial charge in [-0.25, -0.2) is 0 Å². The van der Waals surface area contributed by atoms with E-state index in [4.69, 9.17) is 0 Å². The zero-order chi connectivity index (χ0) is 14.0. The number of aryl methyl sites for hydroxylation is 1. The van der Waals surface area contributed by atoms with Crippen molar-refractivity contribution in [3.05, 3.63) is 29.3 Å². The summed E-state index contributed by atoms with van der Waals surface area (Å²) in [6, 6.07) is 6.08. The van der Waals surface area contributed by atoms with Crippen LogP contribution in [-0.2, 0) is 4.79 Å². The summed E-state index contributed by atoms with van der Waals surface area (Å²) in [5, 5.41) is 0. The molecule has 0 aromatic heterocycles. The van der Waals surface area contributed by atoms with Crippen LogP contribution in [0.1, 0.15) is 11.1 Å². The van der Waals surface area contributed by atoms with Crippen molar-refractivity contribution in [2.45, 2.75) is 20.3 Å². The van der Waals surface area contributed by atoms with Crippen LogP contribution >= 0.6 is 0 Å². The van der Waals surface area contributed by atoms with E-state index in [9.17, 15) is 13.6 Å². The molecule has 0 spiro atoms. The van der Waals surface area contributed by atoms with E-state index in [1.807, 2.05) is 12.1 Å². The first-order valence-corrected chi connectivity index (χ1v) is 6.39. The Balaban J connectivity index is 2.04. The standard InChI is InChI=1S/C14H18F2N2O/c1-10-4-3-5-12(11(10)2)17-6-8-18(9-7-17)14(19)13(15)16/h3-5,13H,6-9H2,1-2H3. The Morgan fingerprint density at radius 2 is 1.79 bits per heavy atom. The van der Waals surface area contributed by atoms with Gasteiger partial charge >= 0.3 is 6.43 Å². The first kappa shape index (κ1) is 13.8. The number of carbonyl (C=O) groups excluding carboxylic acids is 1. The Morgan fingerprint density at radius 1 is 1.16 bits per heavy atom. The van der Waals surface area contributed by atoms with Gasteiger partial charge in [0.15, 0.2) is 0 Å². The monoisotopic (exact) mass is 268 g/mol. The van der Waals surface area contributed by atoms with Crippen LogP contribution in [0.15, 0.2) is 18.2 Å². The third-order valence-electron chi connectivity index (χ3n) is 3.69. The van der Waals surface area contributed by atoms with Crippen LogP contribution in [0.5, 0.6) is 0 Å². The van der Waals surface area contributed by atoms with Crippen molar-refractivity contribution in [3.8, 4) is 0 Å². The molecule has 5 heteroatoms. The van der Waals surface area contributed by atoms with Gasteiger partial charge < -0.3 is 9.80 Å². The lowest BCUT2D eigenvalue weighted by Gasteiger charge is -2.36. The van der Waals surface area contributed by atoms with Crippen LogP contribution in [0.25, 0.3) is 0 Å². The molecule has 104 valence electrons. The molecule has 1 amide bonds.